The van der Waals surface area contributed by atoms with Crippen LogP contribution in [0.5, 0.6) is 17.2 Å². The lowest BCUT2D eigenvalue weighted by atomic mass is 9.68. The summed E-state index contributed by atoms with van der Waals surface area (Å²) in [4.78, 5) is 27.0. The van der Waals surface area contributed by atoms with Crippen LogP contribution >= 0.6 is 0 Å². The Kier molecular flexibility index (Phi) is 7.11. The Bertz CT molecular complexity index is 1240. The maximum Gasteiger partial charge on any atom is 0.337 e. The van der Waals surface area contributed by atoms with Crippen molar-refractivity contribution in [2.45, 2.75) is 53.1 Å². The molecule has 0 saturated heterocycles. The number of esters is 1. The van der Waals surface area contributed by atoms with Crippen LogP contribution in [0.3, 0.4) is 0 Å². The molecule has 1 atom stereocenters. The van der Waals surface area contributed by atoms with Crippen LogP contribution in [0.4, 0.5) is 0 Å². The molecule has 36 heavy (non-hydrogen) atoms. The third kappa shape index (κ3) is 5.10. The monoisotopic (exact) mass is 491 g/mol. The zero-order chi connectivity index (χ0) is 26.0. The summed E-state index contributed by atoms with van der Waals surface area (Å²) < 4.78 is 16.5. The number of ether oxygens (including phenoxy) is 3. The minimum atomic E-state index is -0.631. The number of benzene rings is 2. The molecule has 2 aliphatic rings. The fraction of sp³-hybridized carbons (Fsp3) is 0.379. The summed E-state index contributed by atoms with van der Waals surface area (Å²) in [6.07, 6.45) is 1.07. The number of hydrogen-bond acceptors (Lipinski definition) is 7. The van der Waals surface area contributed by atoms with Gasteiger partial charge in [0.2, 0.25) is 0 Å². The van der Waals surface area contributed by atoms with Gasteiger partial charge in [0.25, 0.3) is 0 Å². The van der Waals surface area contributed by atoms with Gasteiger partial charge < -0.3 is 24.6 Å². The lowest BCUT2D eigenvalue weighted by molar-refractivity contribution is -0.140. The molecule has 7 nitrogen and oxygen atoms in total. The van der Waals surface area contributed by atoms with E-state index >= 15 is 0 Å². The maximum atomic E-state index is 13.5. The number of ketones is 1. The molecule has 190 valence electrons. The summed E-state index contributed by atoms with van der Waals surface area (Å²) in [7, 11) is 1.59. The topological polar surface area (TPSA) is 94.1 Å². The van der Waals surface area contributed by atoms with Crippen LogP contribution in [0.1, 0.15) is 57.6 Å². The van der Waals surface area contributed by atoms with Crippen LogP contribution in [0, 0.1) is 5.41 Å². The van der Waals surface area contributed by atoms with Crippen molar-refractivity contribution in [1.29, 1.82) is 0 Å². The smallest absolute Gasteiger partial charge is 0.337 e. The molecule has 2 aromatic carbocycles. The summed E-state index contributed by atoms with van der Waals surface area (Å²) in [5, 5.41) is 13.6. The standard InChI is InChI=1S/C29H33NO6/c1-6-35-24-13-19(9-12-22(24)31)26-25(28(33)36-16-18-7-10-20(34-5)11-8-18)17(2)30-21-14-29(3,4)15-23(32)27(21)26/h7-13,26,30-31H,6,14-16H2,1-5H3. The Hall–Kier alpha value is -3.74. The van der Waals surface area contributed by atoms with Gasteiger partial charge in [0.05, 0.1) is 19.3 Å². The maximum absolute atomic E-state index is 13.5. The van der Waals surface area contributed by atoms with Gasteiger partial charge in [0.15, 0.2) is 17.3 Å². The van der Waals surface area contributed by atoms with E-state index in [2.05, 4.69) is 19.2 Å². The van der Waals surface area contributed by atoms with Crippen molar-refractivity contribution >= 4 is 11.8 Å². The average molecular weight is 492 g/mol. The number of Topliss-reactive ketones (excluding diaryl/α,β-unsaturated/α-hetero) is 1. The van der Waals surface area contributed by atoms with Crippen LogP contribution < -0.4 is 14.8 Å². The highest BCUT2D eigenvalue weighted by atomic mass is 16.5. The van der Waals surface area contributed by atoms with Gasteiger partial charge in [-0.15, -0.1) is 0 Å². The Morgan fingerprint density at radius 2 is 1.86 bits per heavy atom. The second-order valence-electron chi connectivity index (χ2n) is 10.0. The third-order valence-electron chi connectivity index (χ3n) is 6.61. The molecule has 0 spiro atoms. The molecule has 0 bridgehead atoms. The summed E-state index contributed by atoms with van der Waals surface area (Å²) in [6.45, 7) is 8.25. The van der Waals surface area contributed by atoms with Crippen molar-refractivity contribution in [2.24, 2.45) is 5.41 Å². The number of nitrogens with one attached hydrogen (secondary N) is 1. The van der Waals surface area contributed by atoms with Crippen molar-refractivity contribution in [3.8, 4) is 17.2 Å². The fourth-order valence-electron chi connectivity index (χ4n) is 4.97. The first kappa shape index (κ1) is 25.4. The van der Waals surface area contributed by atoms with Gasteiger partial charge in [-0.25, -0.2) is 4.79 Å². The summed E-state index contributed by atoms with van der Waals surface area (Å²) in [5.74, 6) is -0.107. The highest BCUT2D eigenvalue weighted by molar-refractivity contribution is 6.04. The molecule has 0 saturated carbocycles. The summed E-state index contributed by atoms with van der Waals surface area (Å²) in [5.41, 5.74) is 3.75. The number of rotatable bonds is 7. The molecule has 1 heterocycles. The molecule has 7 heteroatoms. The minimum Gasteiger partial charge on any atom is -0.504 e. The molecular formula is C29H33NO6. The van der Waals surface area contributed by atoms with E-state index in [1.807, 2.05) is 38.1 Å². The predicted molar refractivity (Wildman–Crippen MR) is 136 cm³/mol. The molecule has 0 radical (unpaired) electrons. The van der Waals surface area contributed by atoms with Gasteiger partial charge in [0.1, 0.15) is 12.4 Å². The zero-order valence-electron chi connectivity index (χ0n) is 21.4. The average Bonchev–Trinajstić information content (AvgIpc) is 2.82. The first-order valence-electron chi connectivity index (χ1n) is 12.1. The number of carbonyl (C=O) groups excluding carboxylic acids is 2. The number of hydrogen-bond donors (Lipinski definition) is 2. The van der Waals surface area contributed by atoms with Gasteiger partial charge in [-0.1, -0.05) is 32.0 Å². The minimum absolute atomic E-state index is 0.00209. The molecule has 2 aromatic rings. The quantitative estimate of drug-likeness (QED) is 0.518. The Labute approximate surface area is 211 Å². The van der Waals surface area contributed by atoms with Crippen molar-refractivity contribution in [3.05, 3.63) is 76.1 Å². The number of phenols is 1. The van der Waals surface area contributed by atoms with Crippen molar-refractivity contribution < 1.29 is 28.9 Å². The number of carbonyl (C=O) groups is 2. The highest BCUT2D eigenvalue weighted by Crippen LogP contribution is 2.47. The van der Waals surface area contributed by atoms with Crippen molar-refractivity contribution in [2.75, 3.05) is 13.7 Å². The van der Waals surface area contributed by atoms with Gasteiger partial charge in [-0.05, 0) is 61.1 Å². The molecule has 2 N–H and O–H groups in total. The van der Waals surface area contributed by atoms with E-state index in [-0.39, 0.29) is 23.6 Å². The first-order valence-corrected chi connectivity index (χ1v) is 12.1. The predicted octanol–water partition coefficient (Wildman–Crippen LogP) is 5.15. The molecule has 4 rings (SSSR count). The lowest BCUT2D eigenvalue weighted by Crippen LogP contribution is -2.38. The van der Waals surface area contributed by atoms with E-state index in [1.165, 1.54) is 6.07 Å². The molecular weight excluding hydrogens is 458 g/mol. The van der Waals surface area contributed by atoms with Crippen molar-refractivity contribution in [3.63, 3.8) is 0 Å². The number of dihydropyridines is 1. The Balaban J connectivity index is 1.73. The van der Waals surface area contributed by atoms with Gasteiger partial charge >= 0.3 is 5.97 Å². The van der Waals surface area contributed by atoms with Crippen LogP contribution in [-0.4, -0.2) is 30.6 Å². The molecule has 0 aromatic heterocycles. The van der Waals surface area contributed by atoms with E-state index in [0.717, 1.165) is 17.0 Å². The van der Waals surface area contributed by atoms with Gasteiger partial charge in [0, 0.05) is 29.3 Å². The van der Waals surface area contributed by atoms with Crippen LogP contribution in [0.25, 0.3) is 0 Å². The molecule has 0 amide bonds. The SMILES string of the molecule is CCOc1cc(C2C(C(=O)OCc3ccc(OC)cc3)=C(C)NC3=C2C(=O)CC(C)(C)C3)ccc1O. The number of methoxy groups -OCH3 is 1. The molecule has 1 aliphatic heterocycles. The van der Waals surface area contributed by atoms with E-state index in [9.17, 15) is 14.7 Å². The number of phenolic OH excluding ortho intramolecular Hbond substituents is 1. The molecule has 0 fully saturated rings. The Morgan fingerprint density at radius 1 is 1.14 bits per heavy atom. The molecule has 1 aliphatic carbocycles. The van der Waals surface area contributed by atoms with E-state index in [0.29, 0.717) is 47.6 Å². The van der Waals surface area contributed by atoms with Crippen LogP contribution in [0.15, 0.2) is 65.0 Å². The first-order chi connectivity index (χ1) is 17.1. The number of aromatic hydroxyl groups is 1. The Morgan fingerprint density at radius 3 is 2.53 bits per heavy atom. The third-order valence-corrected chi connectivity index (χ3v) is 6.61. The summed E-state index contributed by atoms with van der Waals surface area (Å²) in [6, 6.07) is 12.3. The van der Waals surface area contributed by atoms with Gasteiger partial charge in [-0.3, -0.25) is 4.79 Å². The second kappa shape index (κ2) is 10.1. The van der Waals surface area contributed by atoms with Crippen LogP contribution in [-0.2, 0) is 20.9 Å². The molecule has 1 unspecified atom stereocenters. The van der Waals surface area contributed by atoms with Gasteiger partial charge in [-0.2, -0.15) is 0 Å². The van der Waals surface area contributed by atoms with E-state index < -0.39 is 11.9 Å². The fourth-order valence-corrected chi connectivity index (χ4v) is 4.97. The number of allylic oxidation sites excluding steroid dienone is 3. The van der Waals surface area contributed by atoms with E-state index in [4.69, 9.17) is 14.2 Å². The van der Waals surface area contributed by atoms with E-state index in [1.54, 1.807) is 19.2 Å². The zero-order valence-corrected chi connectivity index (χ0v) is 21.4. The lowest BCUT2D eigenvalue weighted by Gasteiger charge is -2.39. The summed E-state index contributed by atoms with van der Waals surface area (Å²) >= 11 is 0. The van der Waals surface area contributed by atoms with Crippen molar-refractivity contribution in [1.82, 2.24) is 5.32 Å². The van der Waals surface area contributed by atoms with Crippen LogP contribution in [0.2, 0.25) is 0 Å². The normalized spacial score (nSPS) is 18.9. The second-order valence-corrected chi connectivity index (χ2v) is 10.0. The largest absolute Gasteiger partial charge is 0.504 e. The highest BCUT2D eigenvalue weighted by Gasteiger charge is 2.43.